The van der Waals surface area contributed by atoms with Gasteiger partial charge in [-0.3, -0.25) is 10.00 Å². The smallest absolute Gasteiger partial charge is 0.0897 e. The van der Waals surface area contributed by atoms with E-state index in [2.05, 4.69) is 38.5 Å². The fourth-order valence-corrected chi connectivity index (χ4v) is 3.28. The lowest BCUT2D eigenvalue weighted by molar-refractivity contribution is 0.135. The highest BCUT2D eigenvalue weighted by atomic mass is 32.1. The van der Waals surface area contributed by atoms with Crippen molar-refractivity contribution in [3.8, 4) is 0 Å². The van der Waals surface area contributed by atoms with E-state index >= 15 is 0 Å². The van der Waals surface area contributed by atoms with Gasteiger partial charge in [0.1, 0.15) is 0 Å². The maximum absolute atomic E-state index is 4.57. The molecule has 1 aliphatic rings. The molecule has 1 saturated heterocycles. The summed E-state index contributed by atoms with van der Waals surface area (Å²) in [5.74, 6) is 0. The zero-order valence-electron chi connectivity index (χ0n) is 10.6. The van der Waals surface area contributed by atoms with Gasteiger partial charge in [-0.15, -0.1) is 11.3 Å². The molecule has 2 aromatic heterocycles. The molecule has 3 heterocycles. The van der Waals surface area contributed by atoms with Gasteiger partial charge in [-0.2, -0.15) is 5.10 Å². The van der Waals surface area contributed by atoms with Crippen LogP contribution >= 0.6 is 11.3 Å². The molecule has 0 spiro atoms. The minimum absolute atomic E-state index is 0.475. The summed E-state index contributed by atoms with van der Waals surface area (Å²) in [6.07, 6.45) is 5.64. The molecule has 3 rings (SSSR count). The standard InChI is InChI=1S/C13H18N4S/c1-10-15-11(9-18-10)8-17-7-3-2-4-13(17)12-5-6-14-16-12/h5-6,9,13H,2-4,7-8H2,1H3,(H,14,16). The summed E-state index contributed by atoms with van der Waals surface area (Å²) in [5, 5.41) is 10.5. The molecule has 0 saturated carbocycles. The minimum atomic E-state index is 0.475. The number of likely N-dealkylation sites (tertiary alicyclic amines) is 1. The van der Waals surface area contributed by atoms with Gasteiger partial charge in [0.15, 0.2) is 0 Å². The fourth-order valence-electron chi connectivity index (χ4n) is 2.67. The Labute approximate surface area is 111 Å². The van der Waals surface area contributed by atoms with Gasteiger partial charge in [0.2, 0.25) is 0 Å². The van der Waals surface area contributed by atoms with Crippen LogP contribution in [0.25, 0.3) is 0 Å². The molecule has 1 unspecified atom stereocenters. The second-order valence-electron chi connectivity index (χ2n) is 4.85. The topological polar surface area (TPSA) is 44.8 Å². The van der Waals surface area contributed by atoms with E-state index in [1.165, 1.54) is 30.7 Å². The van der Waals surface area contributed by atoms with E-state index in [9.17, 15) is 0 Å². The van der Waals surface area contributed by atoms with Crippen LogP contribution in [0, 0.1) is 6.92 Å². The van der Waals surface area contributed by atoms with Crippen LogP contribution in [0.1, 0.15) is 41.7 Å². The van der Waals surface area contributed by atoms with Gasteiger partial charge >= 0.3 is 0 Å². The van der Waals surface area contributed by atoms with Crippen molar-refractivity contribution < 1.29 is 0 Å². The summed E-state index contributed by atoms with van der Waals surface area (Å²) in [6.45, 7) is 4.17. The summed E-state index contributed by atoms with van der Waals surface area (Å²) in [4.78, 5) is 7.09. The molecule has 0 radical (unpaired) electrons. The van der Waals surface area contributed by atoms with Crippen molar-refractivity contribution in [3.05, 3.63) is 34.0 Å². The molecule has 18 heavy (non-hydrogen) atoms. The minimum Gasteiger partial charge on any atom is -0.289 e. The Morgan fingerprint density at radius 1 is 1.50 bits per heavy atom. The third-order valence-electron chi connectivity index (χ3n) is 3.53. The Hall–Kier alpha value is -1.20. The lowest BCUT2D eigenvalue weighted by Crippen LogP contribution is -2.33. The lowest BCUT2D eigenvalue weighted by atomic mass is 9.99. The molecule has 5 heteroatoms. The van der Waals surface area contributed by atoms with Crippen LogP contribution in [-0.4, -0.2) is 26.6 Å². The summed E-state index contributed by atoms with van der Waals surface area (Å²) < 4.78 is 0. The van der Waals surface area contributed by atoms with Gasteiger partial charge in [-0.1, -0.05) is 6.42 Å². The first-order valence-corrected chi connectivity index (χ1v) is 7.35. The van der Waals surface area contributed by atoms with Gasteiger partial charge in [-0.25, -0.2) is 4.98 Å². The van der Waals surface area contributed by atoms with E-state index in [1.54, 1.807) is 11.3 Å². The average Bonchev–Trinajstić information content (AvgIpc) is 3.02. The first-order valence-electron chi connectivity index (χ1n) is 6.47. The zero-order chi connectivity index (χ0) is 12.4. The first kappa shape index (κ1) is 11.9. The number of hydrogen-bond donors (Lipinski definition) is 1. The van der Waals surface area contributed by atoms with E-state index in [0.29, 0.717) is 6.04 Å². The van der Waals surface area contributed by atoms with Crippen LogP contribution in [0.4, 0.5) is 0 Å². The molecule has 4 nitrogen and oxygen atoms in total. The number of hydrogen-bond acceptors (Lipinski definition) is 4. The molecule has 96 valence electrons. The van der Waals surface area contributed by atoms with E-state index in [4.69, 9.17) is 0 Å². The normalized spacial score (nSPS) is 21.3. The van der Waals surface area contributed by atoms with Crippen LogP contribution in [0.3, 0.4) is 0 Å². The summed E-state index contributed by atoms with van der Waals surface area (Å²) >= 11 is 1.73. The number of rotatable bonds is 3. The third kappa shape index (κ3) is 2.47. The number of thiazole rings is 1. The van der Waals surface area contributed by atoms with Crippen LogP contribution in [0.15, 0.2) is 17.6 Å². The highest BCUT2D eigenvalue weighted by Crippen LogP contribution is 2.30. The van der Waals surface area contributed by atoms with Crippen molar-refractivity contribution in [2.75, 3.05) is 6.54 Å². The number of H-pyrrole nitrogens is 1. The maximum Gasteiger partial charge on any atom is 0.0897 e. The molecule has 0 aromatic carbocycles. The van der Waals surface area contributed by atoms with Crippen molar-refractivity contribution >= 4 is 11.3 Å². The number of aryl methyl sites for hydroxylation is 1. The quantitative estimate of drug-likeness (QED) is 0.925. The van der Waals surface area contributed by atoms with E-state index in [-0.39, 0.29) is 0 Å². The third-order valence-corrected chi connectivity index (χ3v) is 4.35. The van der Waals surface area contributed by atoms with Crippen molar-refractivity contribution in [2.45, 2.75) is 38.8 Å². The van der Waals surface area contributed by atoms with Crippen LogP contribution in [0.2, 0.25) is 0 Å². The molecule has 1 fully saturated rings. The molecule has 0 bridgehead atoms. The summed E-state index contributed by atoms with van der Waals surface area (Å²) in [6, 6.07) is 2.57. The van der Waals surface area contributed by atoms with Crippen LogP contribution in [-0.2, 0) is 6.54 Å². The molecule has 1 N–H and O–H groups in total. The molecule has 1 atom stereocenters. The van der Waals surface area contributed by atoms with Gasteiger partial charge in [0, 0.05) is 18.1 Å². The van der Waals surface area contributed by atoms with Gasteiger partial charge in [0.05, 0.1) is 22.4 Å². The Morgan fingerprint density at radius 2 is 2.44 bits per heavy atom. The predicted octanol–water partition coefficient (Wildman–Crippen LogP) is 2.90. The Kier molecular flexibility index (Phi) is 3.43. The summed E-state index contributed by atoms with van der Waals surface area (Å²) in [7, 11) is 0. The maximum atomic E-state index is 4.57. The Morgan fingerprint density at radius 3 is 3.17 bits per heavy atom. The second kappa shape index (κ2) is 5.20. The lowest BCUT2D eigenvalue weighted by Gasteiger charge is -2.34. The van der Waals surface area contributed by atoms with Crippen molar-refractivity contribution in [2.24, 2.45) is 0 Å². The van der Waals surface area contributed by atoms with Gasteiger partial charge < -0.3 is 0 Å². The fraction of sp³-hybridized carbons (Fsp3) is 0.538. The highest BCUT2D eigenvalue weighted by Gasteiger charge is 2.25. The Bertz CT molecular complexity index is 491. The number of nitrogens with zero attached hydrogens (tertiary/aromatic N) is 3. The summed E-state index contributed by atoms with van der Waals surface area (Å²) in [5.41, 5.74) is 2.44. The van der Waals surface area contributed by atoms with Crippen LogP contribution in [0.5, 0.6) is 0 Å². The van der Waals surface area contributed by atoms with Crippen molar-refractivity contribution in [1.29, 1.82) is 0 Å². The van der Waals surface area contributed by atoms with E-state index in [0.717, 1.165) is 18.1 Å². The highest BCUT2D eigenvalue weighted by molar-refractivity contribution is 7.09. The SMILES string of the molecule is Cc1nc(CN2CCCCC2c2ccn[nH]2)cs1. The van der Waals surface area contributed by atoms with Gasteiger partial charge in [-0.05, 0) is 32.4 Å². The number of aromatic amines is 1. The number of nitrogens with one attached hydrogen (secondary N) is 1. The molecule has 0 aliphatic carbocycles. The molecule has 1 aliphatic heterocycles. The Balaban J connectivity index is 1.76. The molecular weight excluding hydrogens is 244 g/mol. The number of piperidine rings is 1. The zero-order valence-corrected chi connectivity index (χ0v) is 11.4. The molecular formula is C13H18N4S. The molecule has 0 amide bonds. The average molecular weight is 262 g/mol. The van der Waals surface area contributed by atoms with E-state index < -0.39 is 0 Å². The predicted molar refractivity (Wildman–Crippen MR) is 72.4 cm³/mol. The van der Waals surface area contributed by atoms with Crippen molar-refractivity contribution in [1.82, 2.24) is 20.1 Å². The van der Waals surface area contributed by atoms with Crippen molar-refractivity contribution in [3.63, 3.8) is 0 Å². The van der Waals surface area contributed by atoms with Gasteiger partial charge in [0.25, 0.3) is 0 Å². The monoisotopic (exact) mass is 262 g/mol. The molecule has 2 aromatic rings. The second-order valence-corrected chi connectivity index (χ2v) is 5.91. The largest absolute Gasteiger partial charge is 0.289 e. The van der Waals surface area contributed by atoms with E-state index in [1.807, 2.05) is 6.20 Å². The number of aromatic nitrogens is 3. The first-order chi connectivity index (χ1) is 8.83. The van der Waals surface area contributed by atoms with Crippen LogP contribution < -0.4 is 0 Å².